The van der Waals surface area contributed by atoms with Gasteiger partial charge in [-0.25, -0.2) is 0 Å². The molecule has 0 radical (unpaired) electrons. The molecule has 2 aliphatic rings. The maximum Gasteiger partial charge on any atom is 0.251 e. The van der Waals surface area contributed by atoms with Gasteiger partial charge in [0.2, 0.25) is 6.79 Å². The number of hydrogen-bond donors (Lipinski definition) is 1. The number of hydrogen-bond acceptors (Lipinski definition) is 3. The zero-order valence-corrected chi connectivity index (χ0v) is 11.5. The van der Waals surface area contributed by atoms with Crippen molar-refractivity contribution in [3.8, 4) is 11.5 Å². The van der Waals surface area contributed by atoms with Crippen molar-refractivity contribution < 1.29 is 14.3 Å². The largest absolute Gasteiger partial charge is 0.454 e. The summed E-state index contributed by atoms with van der Waals surface area (Å²) in [7, 11) is 0. The summed E-state index contributed by atoms with van der Waals surface area (Å²) >= 11 is 0. The monoisotopic (exact) mass is 281 g/mol. The summed E-state index contributed by atoms with van der Waals surface area (Å²) in [4.78, 5) is 12.4. The van der Waals surface area contributed by atoms with E-state index in [9.17, 15) is 4.79 Å². The minimum Gasteiger partial charge on any atom is -0.454 e. The minimum absolute atomic E-state index is 0.0741. The fraction of sp³-hybridized carbons (Fsp3) is 0.235. The zero-order chi connectivity index (χ0) is 14.2. The van der Waals surface area contributed by atoms with Crippen LogP contribution in [0.5, 0.6) is 11.5 Å². The highest BCUT2D eigenvalue weighted by Crippen LogP contribution is 2.34. The lowest BCUT2D eigenvalue weighted by atomic mass is 10.1. The first-order valence-electron chi connectivity index (χ1n) is 7.09. The van der Waals surface area contributed by atoms with Gasteiger partial charge in [-0.3, -0.25) is 4.79 Å². The Morgan fingerprint density at radius 2 is 1.95 bits per heavy atom. The Kier molecular flexibility index (Phi) is 2.81. The molecule has 4 rings (SSSR count). The van der Waals surface area contributed by atoms with Gasteiger partial charge in [-0.1, -0.05) is 24.3 Å². The fourth-order valence-corrected chi connectivity index (χ4v) is 2.99. The van der Waals surface area contributed by atoms with Crippen LogP contribution in [0.2, 0.25) is 0 Å². The summed E-state index contributed by atoms with van der Waals surface area (Å²) in [6.45, 7) is 0.219. The molecule has 2 aromatic rings. The van der Waals surface area contributed by atoms with Gasteiger partial charge in [0.25, 0.3) is 5.91 Å². The normalized spacial score (nSPS) is 18.4. The number of fused-ring (bicyclic) bond motifs is 2. The van der Waals surface area contributed by atoms with Gasteiger partial charge in [0, 0.05) is 5.56 Å². The van der Waals surface area contributed by atoms with Crippen LogP contribution in [0.3, 0.4) is 0 Å². The molecule has 4 heteroatoms. The number of carbonyl (C=O) groups excluding carboxylic acids is 1. The summed E-state index contributed by atoms with van der Waals surface area (Å²) in [6.07, 6.45) is 1.97. The van der Waals surface area contributed by atoms with Crippen LogP contribution in [0.1, 0.15) is 33.9 Å². The molecule has 2 aromatic carbocycles. The second-order valence-electron chi connectivity index (χ2n) is 5.33. The van der Waals surface area contributed by atoms with E-state index >= 15 is 0 Å². The Morgan fingerprint density at radius 1 is 1.10 bits per heavy atom. The lowest BCUT2D eigenvalue weighted by molar-refractivity contribution is 0.0936. The van der Waals surface area contributed by atoms with E-state index in [1.54, 1.807) is 18.2 Å². The predicted octanol–water partition coefficient (Wildman–Crippen LogP) is 2.83. The SMILES string of the molecule is O=C(NC1CCc2ccccc21)c1ccc2c(c1)OCO2. The standard InChI is InChI=1S/C17H15NO3/c19-17(12-6-8-15-16(9-12)21-10-20-15)18-14-7-5-11-3-1-2-4-13(11)14/h1-4,6,8-9,14H,5,7,10H2,(H,18,19). The maximum atomic E-state index is 12.4. The number of benzene rings is 2. The zero-order valence-electron chi connectivity index (χ0n) is 11.5. The average Bonchev–Trinajstić information content (AvgIpc) is 3.13. The van der Waals surface area contributed by atoms with Gasteiger partial charge in [-0.2, -0.15) is 0 Å². The average molecular weight is 281 g/mol. The van der Waals surface area contributed by atoms with Crippen LogP contribution in [0.4, 0.5) is 0 Å². The molecule has 1 heterocycles. The highest BCUT2D eigenvalue weighted by Gasteiger charge is 2.24. The summed E-state index contributed by atoms with van der Waals surface area (Å²) in [5, 5.41) is 3.11. The van der Waals surface area contributed by atoms with Crippen molar-refractivity contribution in [2.45, 2.75) is 18.9 Å². The third-order valence-corrected chi connectivity index (χ3v) is 4.07. The molecule has 0 bridgehead atoms. The van der Waals surface area contributed by atoms with Crippen molar-refractivity contribution in [1.82, 2.24) is 5.32 Å². The molecular formula is C17H15NO3. The number of ether oxygens (including phenoxy) is 2. The Hall–Kier alpha value is -2.49. The molecule has 1 aliphatic heterocycles. The van der Waals surface area contributed by atoms with Gasteiger partial charge in [0.15, 0.2) is 11.5 Å². The van der Waals surface area contributed by atoms with E-state index < -0.39 is 0 Å². The van der Waals surface area contributed by atoms with Crippen LogP contribution >= 0.6 is 0 Å². The van der Waals surface area contributed by atoms with E-state index in [-0.39, 0.29) is 18.7 Å². The van der Waals surface area contributed by atoms with E-state index in [1.807, 2.05) is 12.1 Å². The van der Waals surface area contributed by atoms with Crippen molar-refractivity contribution in [3.63, 3.8) is 0 Å². The smallest absolute Gasteiger partial charge is 0.251 e. The van der Waals surface area contributed by atoms with Crippen molar-refractivity contribution >= 4 is 5.91 Å². The topological polar surface area (TPSA) is 47.6 Å². The van der Waals surface area contributed by atoms with Gasteiger partial charge in [-0.05, 0) is 42.2 Å². The highest BCUT2D eigenvalue weighted by molar-refractivity contribution is 5.95. The predicted molar refractivity (Wildman–Crippen MR) is 77.5 cm³/mol. The molecule has 0 saturated heterocycles. The molecule has 106 valence electrons. The van der Waals surface area contributed by atoms with Crippen LogP contribution in [-0.4, -0.2) is 12.7 Å². The molecule has 0 fully saturated rings. The van der Waals surface area contributed by atoms with E-state index in [4.69, 9.17) is 9.47 Å². The van der Waals surface area contributed by atoms with E-state index in [1.165, 1.54) is 11.1 Å². The molecule has 0 spiro atoms. The van der Waals surface area contributed by atoms with Gasteiger partial charge < -0.3 is 14.8 Å². The van der Waals surface area contributed by atoms with Crippen LogP contribution < -0.4 is 14.8 Å². The lowest BCUT2D eigenvalue weighted by Crippen LogP contribution is -2.27. The molecule has 1 aliphatic carbocycles. The molecular weight excluding hydrogens is 266 g/mol. The van der Waals surface area contributed by atoms with Gasteiger partial charge in [-0.15, -0.1) is 0 Å². The van der Waals surface area contributed by atoms with E-state index in [2.05, 4.69) is 17.4 Å². The van der Waals surface area contributed by atoms with E-state index in [0.29, 0.717) is 17.1 Å². The van der Waals surface area contributed by atoms with Crippen molar-refractivity contribution in [3.05, 3.63) is 59.2 Å². The lowest BCUT2D eigenvalue weighted by Gasteiger charge is -2.14. The Balaban J connectivity index is 1.54. The molecule has 0 saturated carbocycles. The molecule has 21 heavy (non-hydrogen) atoms. The Morgan fingerprint density at radius 3 is 2.90 bits per heavy atom. The van der Waals surface area contributed by atoms with Crippen LogP contribution in [0.25, 0.3) is 0 Å². The molecule has 4 nitrogen and oxygen atoms in total. The fourth-order valence-electron chi connectivity index (χ4n) is 2.99. The Bertz CT molecular complexity index is 711. The third kappa shape index (κ3) is 2.13. The first kappa shape index (κ1) is 12.3. The number of aryl methyl sites for hydroxylation is 1. The second kappa shape index (κ2) is 4.81. The molecule has 1 unspecified atom stereocenters. The summed E-state index contributed by atoms with van der Waals surface area (Å²) in [5.41, 5.74) is 3.16. The van der Waals surface area contributed by atoms with Gasteiger partial charge in [0.05, 0.1) is 6.04 Å². The van der Waals surface area contributed by atoms with Crippen LogP contribution in [0.15, 0.2) is 42.5 Å². The van der Waals surface area contributed by atoms with Gasteiger partial charge >= 0.3 is 0 Å². The Labute approximate surface area is 122 Å². The first-order chi connectivity index (χ1) is 10.3. The highest BCUT2D eigenvalue weighted by atomic mass is 16.7. The molecule has 0 aromatic heterocycles. The number of carbonyl (C=O) groups is 1. The quantitative estimate of drug-likeness (QED) is 0.920. The van der Waals surface area contributed by atoms with Crippen molar-refractivity contribution in [2.24, 2.45) is 0 Å². The molecule has 1 N–H and O–H groups in total. The number of rotatable bonds is 2. The van der Waals surface area contributed by atoms with E-state index in [0.717, 1.165) is 12.8 Å². The third-order valence-electron chi connectivity index (χ3n) is 4.07. The molecule has 1 amide bonds. The van der Waals surface area contributed by atoms with Crippen molar-refractivity contribution in [2.75, 3.05) is 6.79 Å². The van der Waals surface area contributed by atoms with Gasteiger partial charge in [0.1, 0.15) is 0 Å². The minimum atomic E-state index is -0.0741. The van der Waals surface area contributed by atoms with Crippen LogP contribution in [-0.2, 0) is 6.42 Å². The summed E-state index contributed by atoms with van der Waals surface area (Å²) < 4.78 is 10.6. The summed E-state index contributed by atoms with van der Waals surface area (Å²) in [5.74, 6) is 1.25. The first-order valence-corrected chi connectivity index (χ1v) is 7.09. The van der Waals surface area contributed by atoms with Crippen LogP contribution in [0, 0.1) is 0 Å². The number of nitrogens with one attached hydrogen (secondary N) is 1. The maximum absolute atomic E-state index is 12.4. The molecule has 1 atom stereocenters. The second-order valence-corrected chi connectivity index (χ2v) is 5.33. The number of amides is 1. The van der Waals surface area contributed by atoms with Crippen molar-refractivity contribution in [1.29, 1.82) is 0 Å². The summed E-state index contributed by atoms with van der Waals surface area (Å²) in [6, 6.07) is 13.7.